The molecule has 2 aromatic heterocycles. The summed E-state index contributed by atoms with van der Waals surface area (Å²) in [6.07, 6.45) is 0. The summed E-state index contributed by atoms with van der Waals surface area (Å²) in [5, 5.41) is 3.39. The van der Waals surface area contributed by atoms with E-state index in [1.165, 1.54) is 4.57 Å². The maximum absolute atomic E-state index is 13.2. The average molecular weight is 416 g/mol. The minimum atomic E-state index is -0.540. The molecule has 1 saturated heterocycles. The van der Waals surface area contributed by atoms with Gasteiger partial charge in [-0.3, -0.25) is 13.9 Å². The fourth-order valence-corrected chi connectivity index (χ4v) is 3.93. The number of aromatic nitrogens is 4. The van der Waals surface area contributed by atoms with Crippen LogP contribution in [0.25, 0.3) is 11.2 Å². The van der Waals surface area contributed by atoms with Crippen LogP contribution in [0, 0.1) is 0 Å². The summed E-state index contributed by atoms with van der Waals surface area (Å²) in [5.41, 5.74) is 7.40. The molecule has 1 aliphatic heterocycles. The number of nitrogens with two attached hydrogens (primary N) is 1. The first-order valence-corrected chi connectivity index (χ1v) is 9.89. The van der Waals surface area contributed by atoms with E-state index in [0.717, 1.165) is 26.2 Å². The van der Waals surface area contributed by atoms with Crippen molar-refractivity contribution in [3.63, 3.8) is 0 Å². The van der Waals surface area contributed by atoms with Crippen LogP contribution in [0.2, 0.25) is 5.28 Å². The van der Waals surface area contributed by atoms with Crippen LogP contribution in [0.5, 0.6) is 0 Å². The summed E-state index contributed by atoms with van der Waals surface area (Å²) < 4.78 is 3.18. The number of amides is 1. The topological polar surface area (TPSA) is 111 Å². The Labute approximate surface area is 172 Å². The Kier molecular flexibility index (Phi) is 5.25. The van der Waals surface area contributed by atoms with Crippen LogP contribution in [-0.4, -0.2) is 51.2 Å². The lowest BCUT2D eigenvalue weighted by Gasteiger charge is -2.29. The summed E-state index contributed by atoms with van der Waals surface area (Å²) >= 11 is 6.24. The van der Waals surface area contributed by atoms with E-state index in [1.54, 1.807) is 28.8 Å². The molecule has 3 heterocycles. The van der Waals surface area contributed by atoms with Gasteiger partial charge in [-0.2, -0.15) is 9.97 Å². The largest absolute Gasteiger partial charge is 0.366 e. The van der Waals surface area contributed by atoms with Crippen LogP contribution in [0.3, 0.4) is 0 Å². The van der Waals surface area contributed by atoms with Crippen LogP contribution >= 0.6 is 11.6 Å². The summed E-state index contributed by atoms with van der Waals surface area (Å²) in [6.45, 7) is 5.70. The van der Waals surface area contributed by atoms with E-state index in [-0.39, 0.29) is 17.5 Å². The van der Waals surface area contributed by atoms with Crippen molar-refractivity contribution in [2.45, 2.75) is 20.0 Å². The van der Waals surface area contributed by atoms with E-state index < -0.39 is 5.91 Å². The molecule has 29 heavy (non-hydrogen) atoms. The molecule has 3 aromatic rings. The highest BCUT2D eigenvalue weighted by molar-refractivity contribution is 6.28. The van der Waals surface area contributed by atoms with E-state index in [2.05, 4.69) is 20.2 Å². The SMILES string of the molecule is CCn1c(=O)n(Cc2ccccc2C(N)=O)c2nc(Cl)nc(N3CCNCC3)c21. The second-order valence-electron chi connectivity index (χ2n) is 6.86. The number of piperazine rings is 1. The Balaban J connectivity index is 1.92. The van der Waals surface area contributed by atoms with Crippen molar-refractivity contribution in [2.75, 3.05) is 31.1 Å². The number of nitrogens with one attached hydrogen (secondary N) is 1. The van der Waals surface area contributed by atoms with E-state index in [0.29, 0.717) is 34.7 Å². The smallest absolute Gasteiger partial charge is 0.330 e. The van der Waals surface area contributed by atoms with Crippen molar-refractivity contribution in [2.24, 2.45) is 5.73 Å². The van der Waals surface area contributed by atoms with Crippen molar-refractivity contribution in [1.82, 2.24) is 24.4 Å². The van der Waals surface area contributed by atoms with Gasteiger partial charge in [-0.1, -0.05) is 18.2 Å². The molecule has 0 radical (unpaired) electrons. The summed E-state index contributed by atoms with van der Waals surface area (Å²) in [7, 11) is 0. The number of anilines is 1. The molecule has 152 valence electrons. The number of benzene rings is 1. The number of hydrogen-bond acceptors (Lipinski definition) is 6. The van der Waals surface area contributed by atoms with Crippen molar-refractivity contribution >= 4 is 34.5 Å². The van der Waals surface area contributed by atoms with Crippen molar-refractivity contribution in [3.05, 3.63) is 51.2 Å². The number of nitrogens with zero attached hydrogens (tertiary/aromatic N) is 5. The molecule has 9 nitrogen and oxygen atoms in total. The average Bonchev–Trinajstić information content (AvgIpc) is 2.99. The lowest BCUT2D eigenvalue weighted by Crippen LogP contribution is -2.44. The van der Waals surface area contributed by atoms with Gasteiger partial charge in [0, 0.05) is 38.3 Å². The van der Waals surface area contributed by atoms with Crippen LogP contribution < -0.4 is 21.6 Å². The predicted octanol–water partition coefficient (Wildman–Crippen LogP) is 0.823. The van der Waals surface area contributed by atoms with Crippen molar-refractivity contribution < 1.29 is 4.79 Å². The Hall–Kier alpha value is -2.91. The Morgan fingerprint density at radius 1 is 1.21 bits per heavy atom. The van der Waals surface area contributed by atoms with Crippen molar-refractivity contribution in [1.29, 1.82) is 0 Å². The number of carbonyl (C=O) groups is 1. The fourth-order valence-electron chi connectivity index (χ4n) is 3.77. The van der Waals surface area contributed by atoms with Gasteiger partial charge in [0.05, 0.1) is 6.54 Å². The zero-order valence-electron chi connectivity index (χ0n) is 16.1. The third-order valence-corrected chi connectivity index (χ3v) is 5.32. The molecule has 0 saturated carbocycles. The number of primary amides is 1. The van der Waals surface area contributed by atoms with Crippen molar-refractivity contribution in [3.8, 4) is 0 Å². The summed E-state index contributed by atoms with van der Waals surface area (Å²) in [6, 6.07) is 6.97. The van der Waals surface area contributed by atoms with Crippen LogP contribution in [-0.2, 0) is 13.1 Å². The van der Waals surface area contributed by atoms with E-state index in [1.807, 2.05) is 6.92 Å². The predicted molar refractivity (Wildman–Crippen MR) is 112 cm³/mol. The van der Waals surface area contributed by atoms with Crippen LogP contribution in [0.1, 0.15) is 22.8 Å². The lowest BCUT2D eigenvalue weighted by molar-refractivity contribution is 0.0999. The normalized spacial score (nSPS) is 14.5. The maximum Gasteiger partial charge on any atom is 0.330 e. The van der Waals surface area contributed by atoms with Gasteiger partial charge in [-0.05, 0) is 30.2 Å². The molecular formula is C19H22ClN7O2. The maximum atomic E-state index is 13.2. The van der Waals surface area contributed by atoms with E-state index >= 15 is 0 Å². The molecule has 0 unspecified atom stereocenters. The molecule has 1 fully saturated rings. The molecule has 4 rings (SSSR count). The number of imidazole rings is 1. The second kappa shape index (κ2) is 7.84. The minimum absolute atomic E-state index is 0.0798. The molecule has 1 aromatic carbocycles. The highest BCUT2D eigenvalue weighted by atomic mass is 35.5. The van der Waals surface area contributed by atoms with Crippen LogP contribution in [0.4, 0.5) is 5.82 Å². The Morgan fingerprint density at radius 2 is 1.93 bits per heavy atom. The standard InChI is InChI=1S/C19H22ClN7O2/c1-2-26-14-16(25-9-7-22-8-10-25)23-18(20)24-17(14)27(19(26)29)11-12-5-3-4-6-13(12)15(21)28/h3-6,22H,2,7-11H2,1H3,(H2,21,28). The Bertz CT molecular complexity index is 1130. The second-order valence-corrected chi connectivity index (χ2v) is 7.20. The first-order valence-electron chi connectivity index (χ1n) is 9.51. The van der Waals surface area contributed by atoms with E-state index in [9.17, 15) is 9.59 Å². The zero-order valence-corrected chi connectivity index (χ0v) is 16.8. The lowest BCUT2D eigenvalue weighted by atomic mass is 10.1. The molecule has 1 aliphatic rings. The highest BCUT2D eigenvalue weighted by Crippen LogP contribution is 2.26. The molecule has 0 spiro atoms. The molecule has 0 atom stereocenters. The van der Waals surface area contributed by atoms with Gasteiger partial charge in [0.15, 0.2) is 11.5 Å². The zero-order chi connectivity index (χ0) is 20.5. The summed E-state index contributed by atoms with van der Waals surface area (Å²) in [5.74, 6) is 0.115. The molecule has 1 amide bonds. The highest BCUT2D eigenvalue weighted by Gasteiger charge is 2.24. The molecule has 0 aliphatic carbocycles. The summed E-state index contributed by atoms with van der Waals surface area (Å²) in [4.78, 5) is 36.0. The Morgan fingerprint density at radius 3 is 2.62 bits per heavy atom. The quantitative estimate of drug-likeness (QED) is 0.597. The van der Waals surface area contributed by atoms with Gasteiger partial charge >= 0.3 is 5.69 Å². The number of hydrogen-bond donors (Lipinski definition) is 2. The van der Waals surface area contributed by atoms with Gasteiger partial charge in [0.2, 0.25) is 11.2 Å². The first kappa shape index (κ1) is 19.4. The van der Waals surface area contributed by atoms with Gasteiger partial charge in [0.25, 0.3) is 0 Å². The molecular weight excluding hydrogens is 394 g/mol. The fraction of sp³-hybridized carbons (Fsp3) is 0.368. The van der Waals surface area contributed by atoms with E-state index in [4.69, 9.17) is 17.3 Å². The molecule has 10 heteroatoms. The monoisotopic (exact) mass is 415 g/mol. The van der Waals surface area contributed by atoms with Gasteiger partial charge in [0.1, 0.15) is 5.52 Å². The first-order chi connectivity index (χ1) is 14.0. The molecule has 3 N–H and O–H groups in total. The van der Waals surface area contributed by atoms with Gasteiger partial charge < -0.3 is 16.0 Å². The third-order valence-electron chi connectivity index (χ3n) is 5.15. The number of halogens is 1. The van der Waals surface area contributed by atoms with Crippen LogP contribution in [0.15, 0.2) is 29.1 Å². The number of rotatable bonds is 5. The van der Waals surface area contributed by atoms with Gasteiger partial charge in [-0.15, -0.1) is 0 Å². The minimum Gasteiger partial charge on any atom is -0.366 e. The number of fused-ring (bicyclic) bond motifs is 1. The van der Waals surface area contributed by atoms with Gasteiger partial charge in [-0.25, -0.2) is 4.79 Å². The number of carbonyl (C=O) groups excluding carboxylic acids is 1. The molecule has 0 bridgehead atoms. The third kappa shape index (κ3) is 3.47. The number of aryl methyl sites for hydroxylation is 1.